The van der Waals surface area contributed by atoms with E-state index in [1.807, 2.05) is 0 Å². The number of anilines is 2. The minimum absolute atomic E-state index is 0.178. The summed E-state index contributed by atoms with van der Waals surface area (Å²) in [5.74, 6) is -0.513. The topological polar surface area (TPSA) is 113 Å². The summed E-state index contributed by atoms with van der Waals surface area (Å²) in [5, 5.41) is 8.84. The number of carboxylic acid groups (broad SMARTS) is 1. The molecule has 2 rings (SSSR count). The SMILES string of the molecule is COc1cccc(N(c2ccc(C[C@H](N)C(=O)O)cc2)S(=O)O)c1. The van der Waals surface area contributed by atoms with Gasteiger partial charge in [-0.05, 0) is 36.2 Å². The number of hydrogen-bond acceptors (Lipinski definition) is 4. The zero-order valence-electron chi connectivity index (χ0n) is 13.0. The van der Waals surface area contributed by atoms with Gasteiger partial charge in [0.05, 0.1) is 18.5 Å². The van der Waals surface area contributed by atoms with Gasteiger partial charge in [-0.25, -0.2) is 8.51 Å². The van der Waals surface area contributed by atoms with E-state index >= 15 is 0 Å². The molecule has 0 aromatic heterocycles. The van der Waals surface area contributed by atoms with E-state index in [2.05, 4.69) is 0 Å². The molecule has 0 aliphatic heterocycles. The molecule has 0 saturated heterocycles. The third-order valence-corrected chi connectivity index (χ3v) is 4.12. The van der Waals surface area contributed by atoms with Crippen molar-refractivity contribution in [2.75, 3.05) is 11.4 Å². The van der Waals surface area contributed by atoms with Gasteiger partial charge < -0.3 is 15.6 Å². The number of ether oxygens (including phenoxy) is 1. The van der Waals surface area contributed by atoms with Crippen LogP contribution in [0.4, 0.5) is 11.4 Å². The summed E-state index contributed by atoms with van der Waals surface area (Å²) in [4.78, 5) is 10.8. The van der Waals surface area contributed by atoms with Gasteiger partial charge in [0.2, 0.25) is 0 Å². The Kier molecular flexibility index (Phi) is 5.91. The molecule has 0 bridgehead atoms. The zero-order chi connectivity index (χ0) is 17.7. The number of rotatable bonds is 7. The first-order chi connectivity index (χ1) is 11.4. The Morgan fingerprint density at radius 2 is 1.92 bits per heavy atom. The van der Waals surface area contributed by atoms with Crippen molar-refractivity contribution in [2.24, 2.45) is 5.73 Å². The van der Waals surface area contributed by atoms with Gasteiger partial charge >= 0.3 is 5.97 Å². The highest BCUT2D eigenvalue weighted by Gasteiger charge is 2.17. The molecule has 24 heavy (non-hydrogen) atoms. The van der Waals surface area contributed by atoms with Crippen LogP contribution in [0.5, 0.6) is 5.75 Å². The van der Waals surface area contributed by atoms with Crippen molar-refractivity contribution in [2.45, 2.75) is 12.5 Å². The van der Waals surface area contributed by atoms with E-state index in [-0.39, 0.29) is 6.42 Å². The first-order valence-corrected chi connectivity index (χ1v) is 8.11. The van der Waals surface area contributed by atoms with E-state index < -0.39 is 23.3 Å². The monoisotopic (exact) mass is 350 g/mol. The maximum Gasteiger partial charge on any atom is 0.320 e. The van der Waals surface area contributed by atoms with Gasteiger partial charge in [0.25, 0.3) is 11.3 Å². The van der Waals surface area contributed by atoms with Crippen LogP contribution in [0.2, 0.25) is 0 Å². The Balaban J connectivity index is 2.28. The molecule has 0 saturated carbocycles. The van der Waals surface area contributed by atoms with Gasteiger partial charge in [0.15, 0.2) is 0 Å². The Hall–Kier alpha value is -2.42. The first kappa shape index (κ1) is 17.9. The Morgan fingerprint density at radius 1 is 1.25 bits per heavy atom. The number of hydrogen-bond donors (Lipinski definition) is 3. The highest BCUT2D eigenvalue weighted by Crippen LogP contribution is 2.29. The summed E-state index contributed by atoms with van der Waals surface area (Å²) in [6.07, 6.45) is 0.178. The zero-order valence-corrected chi connectivity index (χ0v) is 13.8. The van der Waals surface area contributed by atoms with Crippen LogP contribution in [-0.4, -0.2) is 33.0 Å². The van der Waals surface area contributed by atoms with Gasteiger partial charge in [-0.15, -0.1) is 0 Å². The molecule has 0 aliphatic rings. The molecule has 1 unspecified atom stereocenters. The van der Waals surface area contributed by atoms with Crippen LogP contribution in [0, 0.1) is 0 Å². The predicted molar refractivity (Wildman–Crippen MR) is 91.7 cm³/mol. The van der Waals surface area contributed by atoms with Crippen LogP contribution in [0.1, 0.15) is 5.56 Å². The highest BCUT2D eigenvalue weighted by atomic mass is 32.2. The van der Waals surface area contributed by atoms with Crippen LogP contribution in [0.25, 0.3) is 0 Å². The third-order valence-electron chi connectivity index (χ3n) is 3.39. The summed E-state index contributed by atoms with van der Waals surface area (Å²) in [6, 6.07) is 12.4. The van der Waals surface area contributed by atoms with Crippen LogP contribution in [0.3, 0.4) is 0 Å². The Labute approximate surface area is 142 Å². The maximum atomic E-state index is 11.8. The molecule has 2 aromatic carbocycles. The van der Waals surface area contributed by atoms with E-state index in [9.17, 15) is 13.6 Å². The van der Waals surface area contributed by atoms with Crippen LogP contribution >= 0.6 is 0 Å². The fraction of sp³-hybridized carbons (Fsp3) is 0.188. The Bertz CT molecular complexity index is 736. The third kappa shape index (κ3) is 4.31. The lowest BCUT2D eigenvalue weighted by Gasteiger charge is -2.21. The molecular formula is C16H18N2O5S. The van der Waals surface area contributed by atoms with E-state index in [0.717, 1.165) is 5.56 Å². The van der Waals surface area contributed by atoms with E-state index in [4.69, 9.17) is 15.6 Å². The Morgan fingerprint density at radius 3 is 2.46 bits per heavy atom. The predicted octanol–water partition coefficient (Wildman–Crippen LogP) is 1.92. The number of methoxy groups -OCH3 is 1. The van der Waals surface area contributed by atoms with Crippen molar-refractivity contribution in [3.05, 3.63) is 54.1 Å². The first-order valence-electron chi connectivity index (χ1n) is 7.05. The molecule has 0 amide bonds. The van der Waals surface area contributed by atoms with Gasteiger partial charge in [-0.2, -0.15) is 0 Å². The molecule has 0 fully saturated rings. The van der Waals surface area contributed by atoms with E-state index in [0.29, 0.717) is 17.1 Å². The number of benzene rings is 2. The lowest BCUT2D eigenvalue weighted by Crippen LogP contribution is -2.32. The normalized spacial score (nSPS) is 13.1. The number of carboxylic acids is 1. The molecule has 0 aliphatic carbocycles. The molecule has 128 valence electrons. The molecule has 8 heteroatoms. The van der Waals surface area contributed by atoms with Crippen molar-refractivity contribution < 1.29 is 23.4 Å². The van der Waals surface area contributed by atoms with Crippen LogP contribution in [-0.2, 0) is 22.5 Å². The second kappa shape index (κ2) is 7.91. The number of nitrogens with zero attached hydrogens (tertiary/aromatic N) is 1. The highest BCUT2D eigenvalue weighted by molar-refractivity contribution is 7.81. The minimum Gasteiger partial charge on any atom is -0.497 e. The van der Waals surface area contributed by atoms with Crippen LogP contribution in [0.15, 0.2) is 48.5 Å². The molecule has 4 N–H and O–H groups in total. The maximum absolute atomic E-state index is 11.8. The van der Waals surface area contributed by atoms with Crippen molar-refractivity contribution in [3.63, 3.8) is 0 Å². The van der Waals surface area contributed by atoms with Crippen molar-refractivity contribution in [1.29, 1.82) is 0 Å². The molecular weight excluding hydrogens is 332 g/mol. The van der Waals surface area contributed by atoms with Crippen molar-refractivity contribution >= 4 is 28.6 Å². The minimum atomic E-state index is -2.28. The summed E-state index contributed by atoms with van der Waals surface area (Å²) in [5.41, 5.74) is 7.20. The van der Waals surface area contributed by atoms with Crippen LogP contribution < -0.4 is 14.8 Å². The van der Waals surface area contributed by atoms with E-state index in [1.54, 1.807) is 48.5 Å². The molecule has 2 atom stereocenters. The standard InChI is InChI=1S/C16H18N2O5S/c1-23-14-4-2-3-13(10-14)18(24(21)22)12-7-5-11(6-8-12)9-15(17)16(19)20/h2-8,10,15H,9,17H2,1H3,(H,19,20)(H,21,22)/t15-/m0/s1. The second-order valence-corrected chi connectivity index (χ2v) is 5.87. The van der Waals surface area contributed by atoms with Crippen molar-refractivity contribution in [3.8, 4) is 5.75 Å². The number of aliphatic carboxylic acids is 1. The van der Waals surface area contributed by atoms with E-state index in [1.165, 1.54) is 11.4 Å². The number of carbonyl (C=O) groups is 1. The van der Waals surface area contributed by atoms with Gasteiger partial charge in [0, 0.05) is 6.07 Å². The number of nitrogens with two attached hydrogens (primary N) is 1. The van der Waals surface area contributed by atoms with Crippen molar-refractivity contribution in [1.82, 2.24) is 0 Å². The van der Waals surface area contributed by atoms with Gasteiger partial charge in [-0.1, -0.05) is 18.2 Å². The quantitative estimate of drug-likeness (QED) is 0.658. The molecule has 0 heterocycles. The second-order valence-electron chi connectivity index (χ2n) is 5.04. The summed E-state index contributed by atoms with van der Waals surface area (Å²) in [6.45, 7) is 0. The molecule has 2 aromatic rings. The lowest BCUT2D eigenvalue weighted by molar-refractivity contribution is -0.138. The average Bonchev–Trinajstić information content (AvgIpc) is 2.56. The lowest BCUT2D eigenvalue weighted by atomic mass is 10.1. The average molecular weight is 350 g/mol. The summed E-state index contributed by atoms with van der Waals surface area (Å²) in [7, 11) is 1.51. The van der Waals surface area contributed by atoms with Gasteiger partial charge in [-0.3, -0.25) is 9.35 Å². The largest absolute Gasteiger partial charge is 0.497 e. The molecule has 7 nitrogen and oxygen atoms in total. The summed E-state index contributed by atoms with van der Waals surface area (Å²) >= 11 is -2.28. The molecule has 0 spiro atoms. The fourth-order valence-electron chi connectivity index (χ4n) is 2.17. The van der Waals surface area contributed by atoms with Gasteiger partial charge in [0.1, 0.15) is 11.8 Å². The fourth-order valence-corrected chi connectivity index (χ4v) is 2.77. The molecule has 0 radical (unpaired) electrons. The summed E-state index contributed by atoms with van der Waals surface area (Å²) < 4.78 is 27.7. The smallest absolute Gasteiger partial charge is 0.320 e.